The Morgan fingerprint density at radius 2 is 0.974 bits per heavy atom. The average Bonchev–Trinajstić information content (AvgIpc) is 3.48. The summed E-state index contributed by atoms with van der Waals surface area (Å²) < 4.78 is 9.34. The van der Waals surface area contributed by atoms with Crippen LogP contribution < -0.4 is 0 Å². The second-order valence-electron chi connectivity index (χ2n) is 13.1. The molecule has 0 spiro atoms. The van der Waals surface area contributed by atoms with E-state index in [1.54, 1.807) is 0 Å². The van der Waals surface area contributed by atoms with Crippen LogP contribution in [-0.2, 0) is 23.1 Å². The number of halogens is 2. The van der Waals surface area contributed by atoms with E-state index < -0.39 is 19.8 Å². The van der Waals surface area contributed by atoms with E-state index >= 15 is 0 Å². The molecule has 0 aliphatic heterocycles. The van der Waals surface area contributed by atoms with Crippen LogP contribution in [0.3, 0.4) is 0 Å². The fourth-order valence-electron chi connectivity index (χ4n) is 5.96. The quantitative estimate of drug-likeness (QED) is 0.145. The van der Waals surface area contributed by atoms with Crippen LogP contribution in [0, 0.1) is 0 Å². The van der Waals surface area contributed by atoms with Gasteiger partial charge in [-0.2, -0.15) is 0 Å². The molecule has 1 atom stereocenters. The molecule has 0 saturated heterocycles. The maximum atomic E-state index is 7.89. The monoisotopic (exact) mass is 594 g/mol. The number of hydrogen-bond acceptors (Lipinski definition) is 1. The molecule has 204 valence electrons. The predicted molar refractivity (Wildman–Crippen MR) is 169 cm³/mol. The predicted octanol–water partition coefficient (Wildman–Crippen LogP) is 10.8. The third-order valence-electron chi connectivity index (χ3n) is 8.02. The van der Waals surface area contributed by atoms with Gasteiger partial charge in [0, 0.05) is 0 Å². The van der Waals surface area contributed by atoms with Crippen LogP contribution in [0.5, 0.6) is 0 Å². The van der Waals surface area contributed by atoms with Crippen LogP contribution >= 0.6 is 24.8 Å². The molecule has 0 N–H and O–H groups in total. The Kier molecular flexibility index (Phi) is 8.98. The zero-order valence-corrected chi connectivity index (χ0v) is 26.5. The summed E-state index contributed by atoms with van der Waals surface area (Å²) in [5.74, 6) is 0. The molecule has 0 heterocycles. The van der Waals surface area contributed by atoms with Gasteiger partial charge in [0.25, 0.3) is 0 Å². The fourth-order valence-corrected chi connectivity index (χ4v) is 11.2. The summed E-state index contributed by atoms with van der Waals surface area (Å²) in [4.78, 5) is 0. The van der Waals surface area contributed by atoms with E-state index in [1.165, 1.54) is 26.1 Å². The van der Waals surface area contributed by atoms with E-state index in [0.29, 0.717) is 0 Å². The van der Waals surface area contributed by atoms with E-state index in [9.17, 15) is 0 Å². The SMILES string of the molecule is Cl.Cl.[CH3][Ti]([CH3])([CH3])([CH3])([O]C(c1ccccc1)C(c1ccccc1)(c1ccccc1)c1ccccc1)[C]1=CC=CC1. The van der Waals surface area contributed by atoms with Crippen molar-refractivity contribution in [1.29, 1.82) is 0 Å². The average molecular weight is 595 g/mol. The molecule has 39 heavy (non-hydrogen) atoms. The van der Waals surface area contributed by atoms with Gasteiger partial charge in [-0.05, 0) is 0 Å². The van der Waals surface area contributed by atoms with Crippen molar-refractivity contribution < 1.29 is 17.7 Å². The normalized spacial score (nSPS) is 15.6. The summed E-state index contributed by atoms with van der Waals surface area (Å²) in [6, 6.07) is 43.6. The summed E-state index contributed by atoms with van der Waals surface area (Å²) in [7, 11) is 0. The first kappa shape index (κ1) is 31.1. The molecule has 0 radical (unpaired) electrons. The van der Waals surface area contributed by atoms with Crippen molar-refractivity contribution in [2.24, 2.45) is 0 Å². The van der Waals surface area contributed by atoms with Gasteiger partial charge in [0.1, 0.15) is 0 Å². The molecule has 4 aromatic rings. The van der Waals surface area contributed by atoms with Crippen molar-refractivity contribution in [2.75, 3.05) is 0 Å². The Bertz CT molecular complexity index is 1330. The number of rotatable bonds is 8. The standard InChI is InChI=1S/C26H21O.C5H5.4CH3.2ClH.Ti/c27-25(21-13-5-1-6-14-21)26(22-15-7-2-8-16-22,23-17-9-3-10-18-23)24-19-11-4-12-20-24;1-2-4-5-3-1;;;;;;;/h1-20,25H;1-3H,4H2;4*1H3;2*1H;/q-1;;;;;;;;+1. The summed E-state index contributed by atoms with van der Waals surface area (Å²) in [6.45, 7) is 0. The van der Waals surface area contributed by atoms with Gasteiger partial charge < -0.3 is 0 Å². The second-order valence-corrected chi connectivity index (χ2v) is 29.8. The Balaban J connectivity index is 0.00000210. The van der Waals surface area contributed by atoms with Crippen LogP contribution in [0.15, 0.2) is 143 Å². The van der Waals surface area contributed by atoms with Gasteiger partial charge in [-0.15, -0.1) is 24.8 Å². The summed E-state index contributed by atoms with van der Waals surface area (Å²) in [6.07, 6.45) is 7.47. The fraction of sp³-hybridized carbons (Fsp3) is 0.200. The van der Waals surface area contributed by atoms with E-state index in [2.05, 4.69) is 160 Å². The van der Waals surface area contributed by atoms with Crippen molar-refractivity contribution >= 4 is 24.8 Å². The van der Waals surface area contributed by atoms with Crippen LogP contribution in [0.1, 0.15) is 34.8 Å². The summed E-state index contributed by atoms with van der Waals surface area (Å²) in [5, 5.41) is 9.72. The second kappa shape index (κ2) is 11.2. The summed E-state index contributed by atoms with van der Waals surface area (Å²) in [5.41, 5.74) is 4.30. The van der Waals surface area contributed by atoms with E-state index in [0.717, 1.165) is 6.42 Å². The molecular formula is C35H40Cl2OTi. The third-order valence-corrected chi connectivity index (χ3v) is 15.0. The van der Waals surface area contributed by atoms with Crippen molar-refractivity contribution in [3.63, 3.8) is 0 Å². The first-order valence-electron chi connectivity index (χ1n) is 13.4. The van der Waals surface area contributed by atoms with Crippen molar-refractivity contribution in [1.82, 2.24) is 0 Å². The van der Waals surface area contributed by atoms with Gasteiger partial charge in [-0.1, -0.05) is 0 Å². The maximum absolute atomic E-state index is 7.89. The topological polar surface area (TPSA) is 9.23 Å². The molecule has 4 heteroatoms. The summed E-state index contributed by atoms with van der Waals surface area (Å²) >= 11 is -4.21. The molecule has 1 aliphatic rings. The van der Waals surface area contributed by atoms with Crippen LogP contribution in [-0.4, -0.2) is 0 Å². The zero-order chi connectivity index (χ0) is 26.1. The Morgan fingerprint density at radius 3 is 1.33 bits per heavy atom. The molecule has 4 aromatic carbocycles. The number of allylic oxidation sites excluding steroid dienone is 4. The first-order chi connectivity index (χ1) is 17.6. The van der Waals surface area contributed by atoms with Crippen molar-refractivity contribution in [3.8, 4) is 0 Å². The molecule has 1 nitrogen and oxygen atoms in total. The molecule has 0 aromatic heterocycles. The van der Waals surface area contributed by atoms with Crippen molar-refractivity contribution in [3.05, 3.63) is 166 Å². The van der Waals surface area contributed by atoms with E-state index in [4.69, 9.17) is 3.32 Å². The molecule has 0 bridgehead atoms. The third kappa shape index (κ3) is 6.04. The molecule has 0 amide bonds. The number of benzene rings is 4. The van der Waals surface area contributed by atoms with E-state index in [-0.39, 0.29) is 30.9 Å². The van der Waals surface area contributed by atoms with Crippen LogP contribution in [0.4, 0.5) is 0 Å². The van der Waals surface area contributed by atoms with Gasteiger partial charge in [-0.25, -0.2) is 0 Å². The molecule has 0 saturated carbocycles. The van der Waals surface area contributed by atoms with Gasteiger partial charge in [0.05, 0.1) is 0 Å². The molecule has 0 fully saturated rings. The van der Waals surface area contributed by atoms with Gasteiger partial charge >= 0.3 is 222 Å². The zero-order valence-electron chi connectivity index (χ0n) is 23.3. The van der Waals surface area contributed by atoms with Gasteiger partial charge in [0.15, 0.2) is 0 Å². The van der Waals surface area contributed by atoms with E-state index in [1.807, 2.05) is 0 Å². The van der Waals surface area contributed by atoms with Crippen LogP contribution in [0.2, 0.25) is 20.9 Å². The minimum atomic E-state index is -4.21. The minimum absolute atomic E-state index is 0. The Morgan fingerprint density at radius 1 is 0.590 bits per heavy atom. The van der Waals surface area contributed by atoms with Gasteiger partial charge in [-0.3, -0.25) is 0 Å². The molecule has 1 unspecified atom stereocenters. The Labute approximate surface area is 245 Å². The van der Waals surface area contributed by atoms with Gasteiger partial charge in [0.2, 0.25) is 0 Å². The number of hydrogen-bond donors (Lipinski definition) is 0. The van der Waals surface area contributed by atoms with Crippen molar-refractivity contribution in [2.45, 2.75) is 38.9 Å². The van der Waals surface area contributed by atoms with Crippen LogP contribution in [0.25, 0.3) is 0 Å². The Hall–Kier alpha value is -2.39. The molecular weight excluding hydrogens is 555 g/mol. The molecule has 5 rings (SSSR count). The molecule has 1 aliphatic carbocycles. The first-order valence-corrected chi connectivity index (χ1v) is 21.0.